The number of fused-ring (bicyclic) bond motifs is 1. The number of hydrogen-bond donors (Lipinski definition) is 0. The molecule has 148 valence electrons. The van der Waals surface area contributed by atoms with Crippen molar-refractivity contribution in [1.82, 2.24) is 19.9 Å². The number of aromatic nitrogens is 4. The molecular formula is C23H25N5O. The van der Waals surface area contributed by atoms with Gasteiger partial charge in [-0.1, -0.05) is 17.3 Å². The van der Waals surface area contributed by atoms with Crippen molar-refractivity contribution in [2.75, 3.05) is 6.61 Å². The third kappa shape index (κ3) is 4.83. The Kier molecular flexibility index (Phi) is 5.89. The predicted molar refractivity (Wildman–Crippen MR) is 113 cm³/mol. The summed E-state index contributed by atoms with van der Waals surface area (Å²) in [5, 5.41) is 4.37. The Balaban J connectivity index is 1.33. The average molecular weight is 387 g/mol. The average Bonchev–Trinajstić information content (AvgIpc) is 2.74. The van der Waals surface area contributed by atoms with Crippen molar-refractivity contribution in [2.24, 2.45) is 5.16 Å². The Labute approximate surface area is 171 Å². The molecule has 29 heavy (non-hydrogen) atoms. The first-order chi connectivity index (χ1) is 14.2. The van der Waals surface area contributed by atoms with Crippen LogP contribution >= 0.6 is 0 Å². The molecular weight excluding hydrogens is 362 g/mol. The van der Waals surface area contributed by atoms with Gasteiger partial charge in [0.15, 0.2) is 0 Å². The van der Waals surface area contributed by atoms with Gasteiger partial charge in [0.25, 0.3) is 0 Å². The Morgan fingerprint density at radius 1 is 0.966 bits per heavy atom. The second-order valence-electron chi connectivity index (χ2n) is 7.30. The van der Waals surface area contributed by atoms with Crippen LogP contribution in [-0.2, 0) is 17.7 Å². The van der Waals surface area contributed by atoms with Crippen LogP contribution in [0, 0.1) is 13.8 Å². The van der Waals surface area contributed by atoms with Gasteiger partial charge in [-0.2, -0.15) is 0 Å². The monoisotopic (exact) mass is 387 g/mol. The molecule has 3 aromatic rings. The highest BCUT2D eigenvalue weighted by Crippen LogP contribution is 2.20. The van der Waals surface area contributed by atoms with Crippen LogP contribution < -0.4 is 0 Å². The highest BCUT2D eigenvalue weighted by Gasteiger charge is 2.18. The number of hydrogen-bond acceptors (Lipinski definition) is 6. The standard InChI is InChI=1S/C23H25N5O/c1-16-7-3-11-20(25-16)21-12-5-9-19(27-21)10-6-14-29-28-22-13-4-8-18-15-24-17(2)26-23(18)22/h3,5,7,9,11-12,15H,4,6,8,10,13-14H2,1-2H3. The van der Waals surface area contributed by atoms with Crippen molar-refractivity contribution < 1.29 is 4.84 Å². The van der Waals surface area contributed by atoms with Crippen LogP contribution in [-0.4, -0.2) is 32.3 Å². The van der Waals surface area contributed by atoms with Crippen molar-refractivity contribution in [3.8, 4) is 11.4 Å². The van der Waals surface area contributed by atoms with E-state index < -0.39 is 0 Å². The van der Waals surface area contributed by atoms with Crippen molar-refractivity contribution in [3.63, 3.8) is 0 Å². The third-order valence-electron chi connectivity index (χ3n) is 4.92. The van der Waals surface area contributed by atoms with E-state index in [4.69, 9.17) is 9.82 Å². The molecule has 1 aliphatic rings. The molecule has 0 saturated heterocycles. The van der Waals surface area contributed by atoms with Crippen LogP contribution in [0.4, 0.5) is 0 Å². The maximum absolute atomic E-state index is 5.61. The van der Waals surface area contributed by atoms with E-state index in [-0.39, 0.29) is 0 Å². The van der Waals surface area contributed by atoms with Crippen molar-refractivity contribution in [1.29, 1.82) is 0 Å². The second-order valence-corrected chi connectivity index (χ2v) is 7.30. The molecule has 0 N–H and O–H groups in total. The first-order valence-electron chi connectivity index (χ1n) is 10.1. The van der Waals surface area contributed by atoms with E-state index in [2.05, 4.69) is 20.1 Å². The molecule has 0 spiro atoms. The topological polar surface area (TPSA) is 73.2 Å². The maximum atomic E-state index is 5.61. The molecule has 4 rings (SSSR count). The second kappa shape index (κ2) is 8.90. The lowest BCUT2D eigenvalue weighted by Crippen LogP contribution is -2.16. The summed E-state index contributed by atoms with van der Waals surface area (Å²) in [6.45, 7) is 4.45. The Hall–Kier alpha value is -3.15. The summed E-state index contributed by atoms with van der Waals surface area (Å²) >= 11 is 0. The first kappa shape index (κ1) is 19.2. The molecule has 3 aromatic heterocycles. The summed E-state index contributed by atoms with van der Waals surface area (Å²) in [5.74, 6) is 0.771. The van der Waals surface area contributed by atoms with Crippen LogP contribution in [0.5, 0.6) is 0 Å². The quantitative estimate of drug-likeness (QED) is 0.467. The summed E-state index contributed by atoms with van der Waals surface area (Å²) in [7, 11) is 0. The van der Waals surface area contributed by atoms with Crippen LogP contribution in [0.3, 0.4) is 0 Å². The van der Waals surface area contributed by atoms with E-state index in [9.17, 15) is 0 Å². The summed E-state index contributed by atoms with van der Waals surface area (Å²) in [4.78, 5) is 23.7. The van der Waals surface area contributed by atoms with Gasteiger partial charge in [-0.3, -0.25) is 9.97 Å². The molecule has 0 aliphatic heterocycles. The van der Waals surface area contributed by atoms with Crippen molar-refractivity contribution >= 4 is 5.71 Å². The number of nitrogens with zero attached hydrogens (tertiary/aromatic N) is 5. The molecule has 0 fully saturated rings. The summed E-state index contributed by atoms with van der Waals surface area (Å²) < 4.78 is 0. The van der Waals surface area contributed by atoms with E-state index in [1.54, 1.807) is 0 Å². The fraction of sp³-hybridized carbons (Fsp3) is 0.348. The van der Waals surface area contributed by atoms with Gasteiger partial charge in [-0.05, 0) is 75.8 Å². The maximum Gasteiger partial charge on any atom is 0.125 e. The molecule has 0 amide bonds. The van der Waals surface area contributed by atoms with Gasteiger partial charge in [0.05, 0.1) is 17.1 Å². The Morgan fingerprint density at radius 3 is 2.66 bits per heavy atom. The smallest absolute Gasteiger partial charge is 0.125 e. The van der Waals surface area contributed by atoms with Gasteiger partial charge in [0.1, 0.15) is 18.1 Å². The lowest BCUT2D eigenvalue weighted by molar-refractivity contribution is 0.141. The van der Waals surface area contributed by atoms with E-state index in [0.29, 0.717) is 6.61 Å². The molecule has 0 saturated carbocycles. The third-order valence-corrected chi connectivity index (χ3v) is 4.92. The van der Waals surface area contributed by atoms with Gasteiger partial charge in [-0.15, -0.1) is 0 Å². The zero-order valence-electron chi connectivity index (χ0n) is 16.9. The molecule has 6 nitrogen and oxygen atoms in total. The normalized spacial score (nSPS) is 14.6. The van der Waals surface area contributed by atoms with Crippen LogP contribution in [0.25, 0.3) is 11.4 Å². The Morgan fingerprint density at radius 2 is 1.79 bits per heavy atom. The van der Waals surface area contributed by atoms with Gasteiger partial charge >= 0.3 is 0 Å². The zero-order chi connectivity index (χ0) is 20.1. The van der Waals surface area contributed by atoms with Gasteiger partial charge in [0, 0.05) is 17.6 Å². The number of aryl methyl sites for hydroxylation is 4. The predicted octanol–water partition coefficient (Wildman–Crippen LogP) is 4.24. The molecule has 6 heteroatoms. The van der Waals surface area contributed by atoms with E-state index in [0.717, 1.165) is 77.7 Å². The lowest BCUT2D eigenvalue weighted by atomic mass is 9.96. The summed E-state index contributed by atoms with van der Waals surface area (Å²) in [6.07, 6.45) is 6.56. The lowest BCUT2D eigenvalue weighted by Gasteiger charge is -2.16. The molecule has 1 aliphatic carbocycles. The molecule has 0 radical (unpaired) electrons. The Bertz CT molecular complexity index is 1030. The number of pyridine rings is 2. The van der Waals surface area contributed by atoms with E-state index in [1.807, 2.05) is 56.4 Å². The molecule has 0 bridgehead atoms. The first-order valence-corrected chi connectivity index (χ1v) is 10.1. The molecule has 3 heterocycles. The van der Waals surface area contributed by atoms with Crippen LogP contribution in [0.1, 0.15) is 47.7 Å². The summed E-state index contributed by atoms with van der Waals surface area (Å²) in [6, 6.07) is 12.1. The molecule has 0 atom stereocenters. The van der Waals surface area contributed by atoms with Crippen LogP contribution in [0.2, 0.25) is 0 Å². The van der Waals surface area contributed by atoms with Gasteiger partial charge in [0.2, 0.25) is 0 Å². The zero-order valence-corrected chi connectivity index (χ0v) is 16.9. The van der Waals surface area contributed by atoms with Crippen LogP contribution in [0.15, 0.2) is 47.8 Å². The van der Waals surface area contributed by atoms with E-state index in [1.165, 1.54) is 0 Å². The fourth-order valence-corrected chi connectivity index (χ4v) is 3.47. The largest absolute Gasteiger partial charge is 0.396 e. The fourth-order valence-electron chi connectivity index (χ4n) is 3.47. The molecule has 0 aromatic carbocycles. The number of oxime groups is 1. The van der Waals surface area contributed by atoms with E-state index >= 15 is 0 Å². The minimum Gasteiger partial charge on any atom is -0.396 e. The highest BCUT2D eigenvalue weighted by molar-refractivity contribution is 6.00. The minimum atomic E-state index is 0.553. The highest BCUT2D eigenvalue weighted by atomic mass is 16.6. The van der Waals surface area contributed by atoms with Gasteiger partial charge in [-0.25, -0.2) is 9.97 Å². The summed E-state index contributed by atoms with van der Waals surface area (Å²) in [5.41, 5.74) is 6.88. The van der Waals surface area contributed by atoms with Crippen molar-refractivity contribution in [2.45, 2.75) is 46.0 Å². The minimum absolute atomic E-state index is 0.553. The van der Waals surface area contributed by atoms with Crippen molar-refractivity contribution in [3.05, 3.63) is 71.1 Å². The van der Waals surface area contributed by atoms with Gasteiger partial charge < -0.3 is 4.84 Å². The number of rotatable bonds is 6. The SMILES string of the molecule is Cc1cccc(-c2cccc(CCCON=C3CCCc4cnc(C)nc43)n2)n1. The molecule has 0 unspecified atom stereocenters.